The zero-order valence-corrected chi connectivity index (χ0v) is 18.7. The van der Waals surface area contributed by atoms with Crippen LogP contribution >= 0.6 is 0 Å². The van der Waals surface area contributed by atoms with E-state index in [-0.39, 0.29) is 20.5 Å². The van der Waals surface area contributed by atoms with E-state index in [1.807, 2.05) is 47.4 Å². The van der Waals surface area contributed by atoms with Crippen LogP contribution in [0.1, 0.15) is 18.4 Å². The van der Waals surface area contributed by atoms with Gasteiger partial charge in [0.2, 0.25) is 0 Å². The number of piperidine rings is 1. The first-order valence-electron chi connectivity index (χ1n) is 10.6. The van der Waals surface area contributed by atoms with Crippen LogP contribution in [-0.2, 0) is 6.18 Å². The van der Waals surface area contributed by atoms with Crippen molar-refractivity contribution < 1.29 is 18.0 Å². The molecule has 0 unspecified atom stereocenters. The molecule has 3 heterocycles. The molecule has 0 saturated carbocycles. The summed E-state index contributed by atoms with van der Waals surface area (Å²) in [5.74, 6) is 0.306. The number of carbonyl (C=O) groups excluding carboxylic acids is 1. The third-order valence-electron chi connectivity index (χ3n) is 5.81. The summed E-state index contributed by atoms with van der Waals surface area (Å²) in [5.41, 5.74) is 1.70. The van der Waals surface area contributed by atoms with Crippen molar-refractivity contribution in [1.29, 1.82) is 0 Å². The number of nitrogens with one attached hydrogen (secondary N) is 1. The Morgan fingerprint density at radius 1 is 1.06 bits per heavy atom. The molecule has 2 amide bonds. The second-order valence-electron chi connectivity index (χ2n) is 7.96. The van der Waals surface area contributed by atoms with Crippen LogP contribution in [-0.4, -0.2) is 55.5 Å². The largest absolute Gasteiger partial charge is 0.416 e. The lowest BCUT2D eigenvalue weighted by Gasteiger charge is -2.37. The monoisotopic (exact) mass is 466 g/mol. The van der Waals surface area contributed by atoms with E-state index in [0.29, 0.717) is 37.4 Å². The SMILES string of the molecule is CN(C(=O)Nc1ccc(-c2ccccc2)nc1)C1CCN(c2cc(C(F)(F)F)ccn2)CC1.[B]. The summed E-state index contributed by atoms with van der Waals surface area (Å²) in [7, 11) is 1.73. The molecule has 0 bridgehead atoms. The molecule has 4 rings (SSSR count). The Morgan fingerprint density at radius 2 is 1.76 bits per heavy atom. The Labute approximate surface area is 198 Å². The molecule has 1 aliphatic rings. The van der Waals surface area contributed by atoms with Gasteiger partial charge in [-0.25, -0.2) is 9.78 Å². The number of hydrogen-bond donors (Lipinski definition) is 1. The molecule has 1 saturated heterocycles. The number of amides is 2. The van der Waals surface area contributed by atoms with Crippen molar-refractivity contribution in [3.8, 4) is 11.3 Å². The topological polar surface area (TPSA) is 61.4 Å². The molecule has 6 nitrogen and oxygen atoms in total. The Bertz CT molecular complexity index is 1090. The third kappa shape index (κ3) is 5.86. The van der Waals surface area contributed by atoms with Gasteiger partial charge in [0.15, 0.2) is 0 Å². The molecule has 0 aliphatic carbocycles. The number of urea groups is 1. The number of pyridine rings is 2. The van der Waals surface area contributed by atoms with E-state index in [2.05, 4.69) is 15.3 Å². The molecule has 2 aromatic heterocycles. The van der Waals surface area contributed by atoms with Crippen molar-refractivity contribution in [3.05, 3.63) is 72.6 Å². The van der Waals surface area contributed by atoms with Crippen LogP contribution in [0, 0.1) is 0 Å². The molecule has 10 heteroatoms. The number of hydrogen-bond acceptors (Lipinski definition) is 4. The van der Waals surface area contributed by atoms with Crippen LogP contribution in [0.2, 0.25) is 0 Å². The maximum Gasteiger partial charge on any atom is 0.416 e. The molecule has 0 spiro atoms. The van der Waals surface area contributed by atoms with Gasteiger partial charge >= 0.3 is 12.2 Å². The smallest absolute Gasteiger partial charge is 0.356 e. The van der Waals surface area contributed by atoms with Crippen LogP contribution < -0.4 is 10.2 Å². The summed E-state index contributed by atoms with van der Waals surface area (Å²) < 4.78 is 38.9. The molecule has 34 heavy (non-hydrogen) atoms. The van der Waals surface area contributed by atoms with Gasteiger partial charge in [0.1, 0.15) is 5.82 Å². The Balaban J connectivity index is 0.00000324. The molecule has 175 valence electrons. The molecule has 1 N–H and O–H groups in total. The molecule has 1 aliphatic heterocycles. The highest BCUT2D eigenvalue weighted by Gasteiger charge is 2.32. The average Bonchev–Trinajstić information content (AvgIpc) is 2.84. The summed E-state index contributed by atoms with van der Waals surface area (Å²) in [5, 5.41) is 2.86. The van der Waals surface area contributed by atoms with Gasteiger partial charge in [-0.05, 0) is 37.1 Å². The quantitative estimate of drug-likeness (QED) is 0.555. The number of halogens is 3. The van der Waals surface area contributed by atoms with Crippen LogP contribution in [0.5, 0.6) is 0 Å². The Morgan fingerprint density at radius 3 is 2.38 bits per heavy atom. The van der Waals surface area contributed by atoms with Crippen LogP contribution in [0.25, 0.3) is 11.3 Å². The number of carbonyl (C=O) groups is 1. The zero-order chi connectivity index (χ0) is 23.4. The fourth-order valence-corrected chi connectivity index (χ4v) is 3.87. The molecule has 3 aromatic rings. The van der Waals surface area contributed by atoms with Crippen molar-refractivity contribution in [2.75, 3.05) is 30.4 Å². The average molecular weight is 466 g/mol. The highest BCUT2D eigenvalue weighted by molar-refractivity contribution is 5.89. The first-order chi connectivity index (χ1) is 15.8. The minimum absolute atomic E-state index is 0. The minimum Gasteiger partial charge on any atom is -0.356 e. The van der Waals surface area contributed by atoms with E-state index in [0.717, 1.165) is 23.4 Å². The summed E-state index contributed by atoms with van der Waals surface area (Å²) in [4.78, 5) is 24.7. The lowest BCUT2D eigenvalue weighted by Crippen LogP contribution is -2.47. The van der Waals surface area contributed by atoms with Crippen LogP contribution in [0.15, 0.2) is 67.0 Å². The second kappa shape index (κ2) is 10.6. The molecule has 3 radical (unpaired) electrons. The predicted octanol–water partition coefficient (Wildman–Crippen LogP) is 4.91. The van der Waals surface area contributed by atoms with E-state index >= 15 is 0 Å². The minimum atomic E-state index is -4.40. The summed E-state index contributed by atoms with van der Waals surface area (Å²) in [6.07, 6.45) is -0.334. The first-order valence-corrected chi connectivity index (χ1v) is 10.6. The lowest BCUT2D eigenvalue weighted by atomic mass is 10.0. The normalized spacial score (nSPS) is 14.3. The van der Waals surface area contributed by atoms with Crippen molar-refractivity contribution in [2.45, 2.75) is 25.1 Å². The number of aromatic nitrogens is 2. The van der Waals surface area contributed by atoms with Gasteiger partial charge in [-0.2, -0.15) is 13.2 Å². The number of nitrogens with zero attached hydrogens (tertiary/aromatic N) is 4. The predicted molar refractivity (Wildman–Crippen MR) is 127 cm³/mol. The van der Waals surface area contributed by atoms with Crippen molar-refractivity contribution in [1.82, 2.24) is 14.9 Å². The van der Waals surface area contributed by atoms with Crippen molar-refractivity contribution in [2.24, 2.45) is 0 Å². The number of rotatable bonds is 4. The lowest BCUT2D eigenvalue weighted by molar-refractivity contribution is -0.137. The Kier molecular flexibility index (Phi) is 7.81. The standard InChI is InChI=1S/C24H24F3N5O.B/c1-31(23(33)30-19-7-8-21(29-16-19)17-5-3-2-4-6-17)20-10-13-32(14-11-20)22-15-18(9-12-28-22)24(25,26)27;/h2-9,12,15-16,20H,10-11,13-14H2,1H3,(H,30,33);. The van der Waals surface area contributed by atoms with E-state index in [4.69, 9.17) is 0 Å². The van der Waals surface area contributed by atoms with E-state index in [1.54, 1.807) is 18.1 Å². The maximum absolute atomic E-state index is 13.0. The summed E-state index contributed by atoms with van der Waals surface area (Å²) in [6.45, 7) is 1.04. The van der Waals surface area contributed by atoms with Crippen LogP contribution in [0.3, 0.4) is 0 Å². The summed E-state index contributed by atoms with van der Waals surface area (Å²) in [6, 6.07) is 15.2. The fourth-order valence-electron chi connectivity index (χ4n) is 3.87. The molecule has 1 fully saturated rings. The molecule has 0 atom stereocenters. The third-order valence-corrected chi connectivity index (χ3v) is 5.81. The van der Waals surface area contributed by atoms with Gasteiger partial charge in [0.05, 0.1) is 23.1 Å². The summed E-state index contributed by atoms with van der Waals surface area (Å²) >= 11 is 0. The van der Waals surface area contributed by atoms with Gasteiger partial charge in [-0.15, -0.1) is 0 Å². The van der Waals surface area contributed by atoms with Gasteiger partial charge in [0.25, 0.3) is 0 Å². The molecule has 1 aromatic carbocycles. The highest BCUT2D eigenvalue weighted by Crippen LogP contribution is 2.31. The van der Waals surface area contributed by atoms with Gasteiger partial charge < -0.3 is 15.1 Å². The Hall–Kier alpha value is -3.56. The maximum atomic E-state index is 13.0. The van der Waals surface area contributed by atoms with Gasteiger partial charge in [0, 0.05) is 46.4 Å². The molecular weight excluding hydrogens is 442 g/mol. The highest BCUT2D eigenvalue weighted by atomic mass is 19.4. The van der Waals surface area contributed by atoms with E-state index in [1.165, 1.54) is 6.20 Å². The van der Waals surface area contributed by atoms with Crippen LogP contribution in [0.4, 0.5) is 29.5 Å². The zero-order valence-electron chi connectivity index (χ0n) is 18.7. The number of alkyl halides is 3. The van der Waals surface area contributed by atoms with Gasteiger partial charge in [-0.3, -0.25) is 4.98 Å². The second-order valence-corrected chi connectivity index (χ2v) is 7.96. The van der Waals surface area contributed by atoms with Gasteiger partial charge in [-0.1, -0.05) is 30.3 Å². The first kappa shape index (κ1) is 25.1. The van der Waals surface area contributed by atoms with E-state index in [9.17, 15) is 18.0 Å². The number of benzene rings is 1. The van der Waals surface area contributed by atoms with Crippen molar-refractivity contribution >= 4 is 25.9 Å². The fraction of sp³-hybridized carbons (Fsp3) is 0.292. The van der Waals surface area contributed by atoms with E-state index < -0.39 is 11.7 Å². The number of anilines is 2. The van der Waals surface area contributed by atoms with Crippen molar-refractivity contribution in [3.63, 3.8) is 0 Å². The molecular formula is C24H24BF3N5O.